The maximum atomic E-state index is 5.54. The van der Waals surface area contributed by atoms with E-state index < -0.39 is 0 Å². The van der Waals surface area contributed by atoms with E-state index in [0.29, 0.717) is 5.82 Å². The molecular weight excluding hydrogens is 280 g/mol. The van der Waals surface area contributed by atoms with Crippen LogP contribution >= 0.6 is 15.9 Å². The minimum Gasteiger partial charge on any atom is -0.271 e. The first kappa shape index (κ1) is 12.2. The summed E-state index contributed by atoms with van der Waals surface area (Å²) in [6.07, 6.45) is 4.19. The second-order valence-electron chi connectivity index (χ2n) is 3.66. The first-order chi connectivity index (χ1) is 8.29. The first-order valence-electron chi connectivity index (χ1n) is 5.27. The van der Waals surface area contributed by atoms with Gasteiger partial charge < -0.3 is 0 Å². The van der Waals surface area contributed by atoms with Gasteiger partial charge in [0.05, 0.1) is 6.04 Å². The predicted molar refractivity (Wildman–Crippen MR) is 69.9 cm³/mol. The molecule has 0 aliphatic heterocycles. The van der Waals surface area contributed by atoms with Crippen molar-refractivity contribution in [3.8, 4) is 0 Å². The fourth-order valence-corrected chi connectivity index (χ4v) is 1.84. The fourth-order valence-electron chi connectivity index (χ4n) is 1.57. The average Bonchev–Trinajstić information content (AvgIpc) is 2.39. The van der Waals surface area contributed by atoms with Gasteiger partial charge in [-0.15, -0.1) is 0 Å². The van der Waals surface area contributed by atoms with Gasteiger partial charge in [0.15, 0.2) is 0 Å². The highest BCUT2D eigenvalue weighted by molar-refractivity contribution is 9.10. The van der Waals surface area contributed by atoms with E-state index in [4.69, 9.17) is 5.84 Å². The van der Waals surface area contributed by atoms with Crippen LogP contribution in [0, 0.1) is 0 Å². The van der Waals surface area contributed by atoms with E-state index in [-0.39, 0.29) is 6.04 Å². The van der Waals surface area contributed by atoms with Gasteiger partial charge in [0.2, 0.25) is 0 Å². The molecule has 1 atom stereocenters. The molecule has 4 nitrogen and oxygen atoms in total. The summed E-state index contributed by atoms with van der Waals surface area (Å²) in [5.41, 5.74) is 3.93. The van der Waals surface area contributed by atoms with Crippen LogP contribution in [0.2, 0.25) is 0 Å². The second kappa shape index (κ2) is 5.86. The maximum absolute atomic E-state index is 5.54. The molecule has 2 aromatic rings. The number of halogens is 1. The predicted octanol–water partition coefficient (Wildman–Crippen LogP) is 1.99. The minimum absolute atomic E-state index is 0.0719. The molecule has 3 N–H and O–H groups in total. The summed E-state index contributed by atoms with van der Waals surface area (Å²) >= 11 is 3.41. The maximum Gasteiger partial charge on any atom is 0.146 e. The molecule has 17 heavy (non-hydrogen) atoms. The monoisotopic (exact) mass is 292 g/mol. The Morgan fingerprint density at radius 3 is 2.41 bits per heavy atom. The molecule has 0 saturated carbocycles. The van der Waals surface area contributed by atoms with Crippen molar-refractivity contribution in [3.05, 3.63) is 58.6 Å². The molecule has 0 bridgehead atoms. The van der Waals surface area contributed by atoms with E-state index in [1.54, 1.807) is 18.5 Å². The molecule has 0 radical (unpaired) electrons. The highest BCUT2D eigenvalue weighted by Crippen LogP contribution is 2.16. The highest BCUT2D eigenvalue weighted by Gasteiger charge is 2.12. The van der Waals surface area contributed by atoms with Crippen molar-refractivity contribution >= 4 is 15.9 Å². The smallest absolute Gasteiger partial charge is 0.146 e. The van der Waals surface area contributed by atoms with E-state index in [1.807, 2.05) is 12.1 Å². The summed E-state index contributed by atoms with van der Waals surface area (Å²) in [5, 5.41) is 0. The molecule has 1 heterocycles. The first-order valence-corrected chi connectivity index (χ1v) is 6.06. The highest BCUT2D eigenvalue weighted by atomic mass is 79.9. The summed E-state index contributed by atoms with van der Waals surface area (Å²) in [7, 11) is 0. The number of nitrogens with one attached hydrogen (secondary N) is 1. The van der Waals surface area contributed by atoms with Crippen LogP contribution in [0.15, 0.2) is 47.2 Å². The van der Waals surface area contributed by atoms with Crippen LogP contribution in [-0.4, -0.2) is 9.97 Å². The number of nitrogens with two attached hydrogens (primary N) is 1. The fraction of sp³-hybridized carbons (Fsp3) is 0.167. The molecule has 1 aromatic heterocycles. The number of benzene rings is 1. The molecule has 1 unspecified atom stereocenters. The summed E-state index contributed by atoms with van der Waals surface area (Å²) < 4.78 is 1.06. The lowest BCUT2D eigenvalue weighted by Gasteiger charge is -2.14. The third-order valence-corrected chi connectivity index (χ3v) is 2.98. The van der Waals surface area contributed by atoms with Crippen molar-refractivity contribution in [1.29, 1.82) is 0 Å². The van der Waals surface area contributed by atoms with Crippen LogP contribution < -0.4 is 11.3 Å². The van der Waals surface area contributed by atoms with Crippen molar-refractivity contribution in [1.82, 2.24) is 15.4 Å². The van der Waals surface area contributed by atoms with Gasteiger partial charge in [0.1, 0.15) is 5.82 Å². The number of hydrogen-bond donors (Lipinski definition) is 2. The lowest BCUT2D eigenvalue weighted by molar-refractivity contribution is 0.522. The molecular formula is C12H13BrN4. The van der Waals surface area contributed by atoms with Crippen LogP contribution in [0.3, 0.4) is 0 Å². The number of hydrazine groups is 1. The third-order valence-electron chi connectivity index (χ3n) is 2.45. The van der Waals surface area contributed by atoms with E-state index in [1.165, 1.54) is 5.56 Å². The van der Waals surface area contributed by atoms with Gasteiger partial charge in [-0.25, -0.2) is 15.4 Å². The van der Waals surface area contributed by atoms with E-state index in [2.05, 4.69) is 43.5 Å². The Morgan fingerprint density at radius 1 is 1.18 bits per heavy atom. The standard InChI is InChI=1S/C12H13BrN4/c13-10-4-2-9(3-5-10)8-11(17-14)12-15-6-1-7-16-12/h1-7,11,17H,8,14H2. The van der Waals surface area contributed by atoms with Gasteiger partial charge in [-0.05, 0) is 30.2 Å². The quantitative estimate of drug-likeness (QED) is 0.668. The third kappa shape index (κ3) is 3.33. The molecule has 5 heteroatoms. The van der Waals surface area contributed by atoms with Gasteiger partial charge in [0, 0.05) is 16.9 Å². The van der Waals surface area contributed by atoms with Gasteiger partial charge >= 0.3 is 0 Å². The number of aromatic nitrogens is 2. The summed E-state index contributed by atoms with van der Waals surface area (Å²) in [6, 6.07) is 9.84. The Morgan fingerprint density at radius 2 is 1.82 bits per heavy atom. The van der Waals surface area contributed by atoms with Crippen molar-refractivity contribution < 1.29 is 0 Å². The Hall–Kier alpha value is -1.30. The number of nitrogens with zero attached hydrogens (tertiary/aromatic N) is 2. The van der Waals surface area contributed by atoms with Crippen molar-refractivity contribution in [3.63, 3.8) is 0 Å². The number of hydrogen-bond acceptors (Lipinski definition) is 4. The van der Waals surface area contributed by atoms with E-state index >= 15 is 0 Å². The molecule has 1 aromatic carbocycles. The molecule has 0 fully saturated rings. The molecule has 2 rings (SSSR count). The Balaban J connectivity index is 2.13. The zero-order valence-electron chi connectivity index (χ0n) is 9.18. The number of rotatable bonds is 4. The Kier molecular flexibility index (Phi) is 4.19. The summed E-state index contributed by atoms with van der Waals surface area (Å²) in [5.74, 6) is 6.25. The van der Waals surface area contributed by atoms with Crippen LogP contribution in [0.5, 0.6) is 0 Å². The van der Waals surface area contributed by atoms with Crippen molar-refractivity contribution in [2.24, 2.45) is 5.84 Å². The summed E-state index contributed by atoms with van der Waals surface area (Å²) in [6.45, 7) is 0. The minimum atomic E-state index is -0.0719. The van der Waals surface area contributed by atoms with Crippen LogP contribution in [0.25, 0.3) is 0 Å². The Labute approximate surface area is 108 Å². The van der Waals surface area contributed by atoms with E-state index in [9.17, 15) is 0 Å². The van der Waals surface area contributed by atoms with Crippen LogP contribution in [-0.2, 0) is 6.42 Å². The van der Waals surface area contributed by atoms with Gasteiger partial charge in [-0.1, -0.05) is 28.1 Å². The van der Waals surface area contributed by atoms with Gasteiger partial charge in [-0.3, -0.25) is 5.84 Å². The molecule has 88 valence electrons. The van der Waals surface area contributed by atoms with Gasteiger partial charge in [-0.2, -0.15) is 0 Å². The SMILES string of the molecule is NNC(Cc1ccc(Br)cc1)c1ncccn1. The molecule has 0 amide bonds. The molecule has 0 aliphatic rings. The van der Waals surface area contributed by atoms with E-state index in [0.717, 1.165) is 10.9 Å². The zero-order valence-corrected chi connectivity index (χ0v) is 10.8. The van der Waals surface area contributed by atoms with Crippen molar-refractivity contribution in [2.75, 3.05) is 0 Å². The summed E-state index contributed by atoms with van der Waals surface area (Å²) in [4.78, 5) is 8.40. The largest absolute Gasteiger partial charge is 0.271 e. The van der Waals surface area contributed by atoms with Gasteiger partial charge in [0.25, 0.3) is 0 Å². The van der Waals surface area contributed by atoms with Crippen LogP contribution in [0.1, 0.15) is 17.4 Å². The van der Waals surface area contributed by atoms with Crippen molar-refractivity contribution in [2.45, 2.75) is 12.5 Å². The average molecular weight is 293 g/mol. The Bertz CT molecular complexity index is 458. The topological polar surface area (TPSA) is 63.8 Å². The zero-order chi connectivity index (χ0) is 12.1. The lowest BCUT2D eigenvalue weighted by atomic mass is 10.1. The lowest BCUT2D eigenvalue weighted by Crippen LogP contribution is -2.30. The normalized spacial score (nSPS) is 12.4. The molecule has 0 spiro atoms. The van der Waals surface area contributed by atoms with Crippen LogP contribution in [0.4, 0.5) is 0 Å². The molecule has 0 saturated heterocycles. The molecule has 0 aliphatic carbocycles. The second-order valence-corrected chi connectivity index (χ2v) is 4.57.